The molecule has 1 fully saturated rings. The average molecular weight is 425 g/mol. The Kier molecular flexibility index (Phi) is 5.38. The van der Waals surface area contributed by atoms with Crippen LogP contribution < -0.4 is 9.47 Å². The molecule has 1 aliphatic heterocycles. The minimum absolute atomic E-state index is 0.630. The first-order valence-corrected chi connectivity index (χ1v) is 11.2. The lowest BCUT2D eigenvalue weighted by Gasteiger charge is -2.33. The Bertz CT molecular complexity index is 1020. The van der Waals surface area contributed by atoms with Crippen molar-refractivity contribution in [2.24, 2.45) is 5.92 Å². The van der Waals surface area contributed by atoms with Crippen LogP contribution in [0.25, 0.3) is 10.9 Å². The SMILES string of the molecule is COc1cc2c(cc1OC)CC(CN1CCC(c3c[nH]c4cc(Cl)ccc34)CC1)C2. The molecule has 158 valence electrons. The van der Waals surface area contributed by atoms with Gasteiger partial charge in [-0.25, -0.2) is 0 Å². The van der Waals surface area contributed by atoms with Crippen molar-refractivity contribution in [3.63, 3.8) is 0 Å². The molecule has 0 amide bonds. The largest absolute Gasteiger partial charge is 0.493 e. The third-order valence-electron chi connectivity index (χ3n) is 6.94. The van der Waals surface area contributed by atoms with Crippen LogP contribution in [0, 0.1) is 5.92 Å². The van der Waals surface area contributed by atoms with Crippen LogP contribution in [0.2, 0.25) is 5.02 Å². The average Bonchev–Trinajstić information content (AvgIpc) is 3.35. The quantitative estimate of drug-likeness (QED) is 0.593. The Balaban J connectivity index is 1.20. The Morgan fingerprint density at radius 1 is 1.00 bits per heavy atom. The van der Waals surface area contributed by atoms with E-state index in [0.717, 1.165) is 34.9 Å². The highest BCUT2D eigenvalue weighted by atomic mass is 35.5. The number of nitrogens with one attached hydrogen (secondary N) is 1. The number of ether oxygens (including phenoxy) is 2. The summed E-state index contributed by atoms with van der Waals surface area (Å²) in [5, 5.41) is 2.12. The molecule has 0 atom stereocenters. The summed E-state index contributed by atoms with van der Waals surface area (Å²) in [6.07, 6.45) is 6.90. The van der Waals surface area contributed by atoms with Crippen LogP contribution in [0.3, 0.4) is 0 Å². The molecule has 2 aromatic carbocycles. The maximum atomic E-state index is 6.14. The predicted molar refractivity (Wildman–Crippen MR) is 122 cm³/mol. The topological polar surface area (TPSA) is 37.5 Å². The van der Waals surface area contributed by atoms with E-state index in [1.165, 1.54) is 54.6 Å². The highest BCUT2D eigenvalue weighted by Crippen LogP contribution is 2.38. The monoisotopic (exact) mass is 424 g/mol. The van der Waals surface area contributed by atoms with Crippen LogP contribution >= 0.6 is 11.6 Å². The second kappa shape index (κ2) is 8.16. The van der Waals surface area contributed by atoms with Crippen molar-refractivity contribution in [3.8, 4) is 11.5 Å². The molecule has 1 aliphatic carbocycles. The number of benzene rings is 2. The van der Waals surface area contributed by atoms with E-state index in [1.807, 2.05) is 12.1 Å². The van der Waals surface area contributed by atoms with E-state index in [9.17, 15) is 0 Å². The van der Waals surface area contributed by atoms with Gasteiger partial charge in [0.05, 0.1) is 14.2 Å². The van der Waals surface area contributed by atoms with Crippen molar-refractivity contribution >= 4 is 22.5 Å². The molecule has 4 nitrogen and oxygen atoms in total. The highest BCUT2D eigenvalue weighted by Gasteiger charge is 2.28. The number of halogens is 1. The molecular formula is C25H29ClN2O2. The second-order valence-corrected chi connectivity index (χ2v) is 9.20. The minimum atomic E-state index is 0.630. The number of aromatic amines is 1. The lowest BCUT2D eigenvalue weighted by Crippen LogP contribution is -2.36. The molecule has 0 bridgehead atoms. The summed E-state index contributed by atoms with van der Waals surface area (Å²) < 4.78 is 11.0. The van der Waals surface area contributed by atoms with Gasteiger partial charge in [0.2, 0.25) is 0 Å². The molecule has 30 heavy (non-hydrogen) atoms. The van der Waals surface area contributed by atoms with Gasteiger partial charge in [-0.15, -0.1) is 0 Å². The van der Waals surface area contributed by atoms with E-state index >= 15 is 0 Å². The maximum Gasteiger partial charge on any atom is 0.161 e. The molecule has 5 rings (SSSR count). The summed E-state index contributed by atoms with van der Waals surface area (Å²) >= 11 is 6.14. The van der Waals surface area contributed by atoms with Crippen molar-refractivity contribution < 1.29 is 9.47 Å². The number of methoxy groups -OCH3 is 2. The zero-order valence-electron chi connectivity index (χ0n) is 17.7. The molecular weight excluding hydrogens is 396 g/mol. The maximum absolute atomic E-state index is 6.14. The molecule has 0 unspecified atom stereocenters. The lowest BCUT2D eigenvalue weighted by atomic mass is 9.88. The Labute approximate surface area is 183 Å². The number of hydrogen-bond acceptors (Lipinski definition) is 3. The molecule has 3 aromatic rings. The molecule has 1 saturated heterocycles. The number of likely N-dealkylation sites (tertiary alicyclic amines) is 1. The number of hydrogen-bond donors (Lipinski definition) is 1. The Morgan fingerprint density at radius 3 is 2.30 bits per heavy atom. The number of piperidine rings is 1. The van der Waals surface area contributed by atoms with Gasteiger partial charge in [0.25, 0.3) is 0 Å². The molecule has 1 N–H and O–H groups in total. The zero-order chi connectivity index (χ0) is 20.7. The van der Waals surface area contributed by atoms with Gasteiger partial charge < -0.3 is 19.4 Å². The van der Waals surface area contributed by atoms with E-state index in [0.29, 0.717) is 11.8 Å². The molecule has 2 aliphatic rings. The molecule has 0 spiro atoms. The third-order valence-corrected chi connectivity index (χ3v) is 7.18. The van der Waals surface area contributed by atoms with Crippen LogP contribution in [0.4, 0.5) is 0 Å². The number of fused-ring (bicyclic) bond motifs is 2. The summed E-state index contributed by atoms with van der Waals surface area (Å²) in [6.45, 7) is 3.52. The van der Waals surface area contributed by atoms with Crippen molar-refractivity contribution in [1.82, 2.24) is 9.88 Å². The molecule has 0 saturated carbocycles. The van der Waals surface area contributed by atoms with Gasteiger partial charge >= 0.3 is 0 Å². The fraction of sp³-hybridized carbons (Fsp3) is 0.440. The van der Waals surface area contributed by atoms with Crippen LogP contribution in [0.15, 0.2) is 36.5 Å². The van der Waals surface area contributed by atoms with Crippen LogP contribution in [-0.4, -0.2) is 43.7 Å². The summed E-state index contributed by atoms with van der Waals surface area (Å²) in [6, 6.07) is 10.5. The molecule has 0 radical (unpaired) electrons. The summed E-state index contributed by atoms with van der Waals surface area (Å²) in [5.74, 6) is 3.00. The predicted octanol–water partition coefficient (Wildman–Crippen LogP) is 5.43. The van der Waals surface area contributed by atoms with Gasteiger partial charge in [0, 0.05) is 28.7 Å². The number of H-pyrrole nitrogens is 1. The first-order valence-electron chi connectivity index (χ1n) is 10.9. The van der Waals surface area contributed by atoms with Crippen molar-refractivity contribution in [2.45, 2.75) is 31.6 Å². The molecule has 2 heterocycles. The zero-order valence-corrected chi connectivity index (χ0v) is 18.5. The highest BCUT2D eigenvalue weighted by molar-refractivity contribution is 6.31. The third kappa shape index (κ3) is 3.67. The Morgan fingerprint density at radius 2 is 1.67 bits per heavy atom. The van der Waals surface area contributed by atoms with E-state index < -0.39 is 0 Å². The number of nitrogens with zero attached hydrogens (tertiary/aromatic N) is 1. The fourth-order valence-electron chi connectivity index (χ4n) is 5.42. The van der Waals surface area contributed by atoms with E-state index in [-0.39, 0.29) is 0 Å². The van der Waals surface area contributed by atoms with Gasteiger partial charge in [-0.2, -0.15) is 0 Å². The summed E-state index contributed by atoms with van der Waals surface area (Å²) in [4.78, 5) is 6.07. The molecule has 1 aromatic heterocycles. The van der Waals surface area contributed by atoms with Crippen molar-refractivity contribution in [3.05, 3.63) is 58.2 Å². The van der Waals surface area contributed by atoms with Crippen molar-refractivity contribution in [1.29, 1.82) is 0 Å². The summed E-state index contributed by atoms with van der Waals surface area (Å²) in [7, 11) is 3.42. The van der Waals surface area contributed by atoms with Crippen molar-refractivity contribution in [2.75, 3.05) is 33.9 Å². The minimum Gasteiger partial charge on any atom is -0.493 e. The second-order valence-electron chi connectivity index (χ2n) is 8.76. The number of rotatable bonds is 5. The standard InChI is InChI=1S/C25H29ClN2O2/c1-29-24-11-18-9-16(10-19(18)12-25(24)30-2)15-28-7-5-17(6-8-28)22-14-27-23-13-20(26)3-4-21(22)23/h3-4,11-14,16-17,27H,5-10,15H2,1-2H3. The lowest BCUT2D eigenvalue weighted by molar-refractivity contribution is 0.185. The van der Waals surface area contributed by atoms with Gasteiger partial charge in [-0.1, -0.05) is 17.7 Å². The normalized spacial score (nSPS) is 18.1. The molecule has 5 heteroatoms. The fourth-order valence-corrected chi connectivity index (χ4v) is 5.59. The summed E-state index contributed by atoms with van der Waals surface area (Å²) in [5.41, 5.74) is 5.44. The van der Waals surface area contributed by atoms with E-state index in [1.54, 1.807) is 14.2 Å². The van der Waals surface area contributed by atoms with Gasteiger partial charge in [0.15, 0.2) is 11.5 Å². The van der Waals surface area contributed by atoms with Gasteiger partial charge in [-0.05, 0) is 91.6 Å². The van der Waals surface area contributed by atoms with Crippen LogP contribution in [0.5, 0.6) is 11.5 Å². The van der Waals surface area contributed by atoms with Gasteiger partial charge in [-0.3, -0.25) is 0 Å². The number of aromatic nitrogens is 1. The van der Waals surface area contributed by atoms with Gasteiger partial charge in [0.1, 0.15) is 0 Å². The van der Waals surface area contributed by atoms with E-state index in [4.69, 9.17) is 21.1 Å². The Hall–Kier alpha value is -2.17. The van der Waals surface area contributed by atoms with Crippen LogP contribution in [0.1, 0.15) is 35.4 Å². The smallest absolute Gasteiger partial charge is 0.161 e. The first-order chi connectivity index (χ1) is 14.6. The van der Waals surface area contributed by atoms with Crippen LogP contribution in [-0.2, 0) is 12.8 Å². The van der Waals surface area contributed by atoms with E-state index in [2.05, 4.69) is 34.3 Å². The first kappa shape index (κ1) is 19.8.